The molecule has 19 atom stereocenters. The number of nitrogens with one attached hydrogen (secondary N) is 2. The third kappa shape index (κ3) is 16.1. The molecule has 0 saturated carbocycles. The number of likely N-dealkylation sites (N-methyl/N-ethyl adjacent to an activating group) is 1. The molecule has 7 N–H and O–H groups in total. The number of pyridine rings is 1. The second kappa shape index (κ2) is 32.1. The molecule has 0 amide bonds. The number of halogens is 1. The number of nitrogens with zero attached hydrogens (tertiary/aromatic N) is 1. The average Bonchev–Trinajstić information content (AvgIpc) is 2.97. The van der Waals surface area contributed by atoms with Crippen LogP contribution in [0.3, 0.4) is 0 Å². The minimum Gasteiger partial charge on any atom is -0.492 e. The van der Waals surface area contributed by atoms with Crippen LogP contribution in [0.1, 0.15) is 69.3 Å². The van der Waals surface area contributed by atoms with Crippen molar-refractivity contribution in [3.63, 3.8) is 0 Å². The van der Waals surface area contributed by atoms with Gasteiger partial charge in [-0.25, -0.2) is 4.98 Å². The first-order chi connectivity index (χ1) is 42.2. The Hall–Kier alpha value is -3.94. The zero-order valence-corrected chi connectivity index (χ0v) is 54.8. The van der Waals surface area contributed by atoms with Gasteiger partial charge in [-0.1, -0.05) is 65.3 Å². The van der Waals surface area contributed by atoms with Gasteiger partial charge in [0, 0.05) is 55.7 Å². The largest absolute Gasteiger partial charge is 0.492 e. The van der Waals surface area contributed by atoms with Crippen molar-refractivity contribution in [1.29, 1.82) is 0 Å². The van der Waals surface area contributed by atoms with Gasteiger partial charge in [0.05, 0.1) is 97.8 Å². The monoisotopic (exact) mass is 1400 g/mol. The molecule has 2 aliphatic carbocycles. The molecule has 482 valence electrons. The number of aromatic nitrogens is 1. The van der Waals surface area contributed by atoms with Crippen LogP contribution in [0.4, 0.5) is 0 Å². The van der Waals surface area contributed by atoms with Crippen LogP contribution in [0.5, 0.6) is 17.2 Å². The highest BCUT2D eigenvalue weighted by atomic mass is 127. The molecule has 4 aliphatic heterocycles. The zero-order chi connectivity index (χ0) is 63.6. The fourth-order valence-corrected chi connectivity index (χ4v) is 14.6. The van der Waals surface area contributed by atoms with Crippen LogP contribution < -0.4 is 25.0 Å². The third-order valence-electron chi connectivity index (χ3n) is 15.7. The van der Waals surface area contributed by atoms with Crippen molar-refractivity contribution < 1.29 is 102 Å². The molecular weight excluding hydrogens is 1320 g/mol. The van der Waals surface area contributed by atoms with Crippen molar-refractivity contribution in [2.45, 2.75) is 181 Å². The number of allylic oxidation sites excluding steroid dienone is 2. The number of hydrogen-bond donors (Lipinski definition) is 7. The van der Waals surface area contributed by atoms with Gasteiger partial charge in [0.2, 0.25) is 17.2 Å². The number of aliphatic hydroxyl groups is 5. The molecule has 24 nitrogen and oxygen atoms in total. The molecule has 0 unspecified atom stereocenters. The fourth-order valence-electron chi connectivity index (χ4n) is 11.1. The molecule has 0 spiro atoms. The summed E-state index contributed by atoms with van der Waals surface area (Å²) in [6.45, 7) is 9.42. The van der Waals surface area contributed by atoms with Crippen molar-refractivity contribution in [1.82, 2.24) is 15.8 Å². The van der Waals surface area contributed by atoms with Crippen LogP contribution in [0, 0.1) is 34.2 Å². The predicted octanol–water partition coefficient (Wildman–Crippen LogP) is 3.62. The lowest BCUT2D eigenvalue weighted by Gasteiger charge is -2.46. The molecule has 8 rings (SSSR count). The molecule has 5 heterocycles. The summed E-state index contributed by atoms with van der Waals surface area (Å²) in [4.78, 5) is 52.4. The molecule has 4 saturated heterocycles. The molecule has 4 fully saturated rings. The lowest BCUT2D eigenvalue weighted by Crippen LogP contribution is -2.65. The lowest BCUT2D eigenvalue weighted by atomic mass is 9.72. The number of esters is 1. The Kier molecular flexibility index (Phi) is 25.5. The Balaban J connectivity index is 1.03. The van der Waals surface area contributed by atoms with E-state index in [1.807, 2.05) is 41.6 Å². The van der Waals surface area contributed by atoms with E-state index in [1.165, 1.54) is 62.2 Å². The van der Waals surface area contributed by atoms with E-state index in [-0.39, 0.29) is 76.9 Å². The summed E-state index contributed by atoms with van der Waals surface area (Å²) >= 11 is 2.83. The Morgan fingerprint density at radius 3 is 2.32 bits per heavy atom. The van der Waals surface area contributed by atoms with Crippen LogP contribution in [-0.2, 0) is 57.1 Å². The first-order valence-electron chi connectivity index (χ1n) is 28.5. The molecule has 1 aromatic carbocycles. The topological polar surface area (TPSA) is 309 Å². The van der Waals surface area contributed by atoms with Crippen LogP contribution in [0.15, 0.2) is 64.4 Å². The van der Waals surface area contributed by atoms with Crippen molar-refractivity contribution in [3.8, 4) is 40.9 Å². The summed E-state index contributed by atoms with van der Waals surface area (Å²) in [5.74, 6) is 10.8. The number of Topliss-reactive ketones (excluding diaryl/α,β-unsaturated/α-hetero) is 1. The summed E-state index contributed by atoms with van der Waals surface area (Å²) < 4.78 is 73.0. The summed E-state index contributed by atoms with van der Waals surface area (Å²) in [7, 11) is 9.65. The van der Waals surface area contributed by atoms with Gasteiger partial charge >= 0.3 is 5.97 Å². The van der Waals surface area contributed by atoms with Gasteiger partial charge in [-0.2, -0.15) is 5.48 Å². The quantitative estimate of drug-likeness (QED) is 0.0209. The zero-order valence-electron chi connectivity index (χ0n) is 50.2. The van der Waals surface area contributed by atoms with Crippen molar-refractivity contribution in [2.24, 2.45) is 0 Å². The Morgan fingerprint density at radius 1 is 0.886 bits per heavy atom. The number of ether oxygens (including phenoxy) is 12. The van der Waals surface area contributed by atoms with Crippen LogP contribution in [-0.4, -0.2) is 217 Å². The molecule has 88 heavy (non-hydrogen) atoms. The number of carbonyl (C=O) groups is 3. The maximum absolute atomic E-state index is 14.5. The second-order valence-electron chi connectivity index (χ2n) is 21.3. The van der Waals surface area contributed by atoms with Gasteiger partial charge in [0.15, 0.2) is 41.8 Å². The number of ketones is 1. The van der Waals surface area contributed by atoms with E-state index in [0.29, 0.717) is 15.7 Å². The SMILES string of the molecule is CCN[C@H]1CO[C@@H](O[C@H]2[C@H](O[C@H]3C#C/C=C\C#C[C@]4(O)CC(=O)C(CC(=O)OC)=C3/C4=C\CSSc3ccccn3)O[C@H](C)[C@@H](NO[C@H]3C[C@H](O)[C@H](SC(=O)c4c(C)c(I)c(O[C@@H]5O[C@@H](C)[C@H](O)[C@@H](OC)[C@H]5O)c(OC)c4OC)[C@@H](C)O3)[C@@H]2O)C[C@@H]1OC. The van der Waals surface area contributed by atoms with E-state index in [1.54, 1.807) is 53.1 Å². The van der Waals surface area contributed by atoms with Crippen LogP contribution >= 0.6 is 55.9 Å². The van der Waals surface area contributed by atoms with Crippen LogP contribution in [0.25, 0.3) is 0 Å². The van der Waals surface area contributed by atoms with Gasteiger partial charge in [-0.3, -0.25) is 19.2 Å². The van der Waals surface area contributed by atoms with Crippen molar-refractivity contribution in [3.05, 3.63) is 74.0 Å². The summed E-state index contributed by atoms with van der Waals surface area (Å²) in [6.07, 6.45) is -11.6. The Bertz CT molecular complexity index is 3000. The number of aliphatic hydroxyl groups excluding tert-OH is 4. The molecule has 1 aromatic heterocycles. The lowest BCUT2D eigenvalue weighted by molar-refractivity contribution is -0.336. The average molecular weight is 1400 g/mol. The number of hydroxylamine groups is 1. The standard InChI is InChI=1S/C60H76IN3O21S3/c1-11-62-35-28-78-42(26-39(35)73-6)83-54-49(69)47(30(3)80-59(54)82-38-18-14-12-13-16-21-60(72)27-37(66)33(24-41(67)74-7)45(38)34(60)20-23-86-88-40-19-15-17-22-63-40)64-85-43-25-36(65)56(32(5)79-43)87-57(71)44-29(2)46(61)52(55(77-10)51(44)75-8)84-58-50(70)53(76-9)48(68)31(4)81-58/h12-13,15,17,19-20,22,30-32,35-36,38-39,42-43,47-50,53-54,56,58-59,62,64-65,68-70,72H,11,23-28H2,1-10H3/b13-12-,34-20+/t30-,31+,32-,35+,36+,38+,39+,42+,43+,47-,48+,49+,50-,53-,54-,56-,58+,59+,60+/m1/s1. The molecule has 0 radical (unpaired) electrons. The third-order valence-corrected chi connectivity index (χ3v) is 20.5. The smallest absolute Gasteiger partial charge is 0.310 e. The predicted molar refractivity (Wildman–Crippen MR) is 330 cm³/mol. The van der Waals surface area contributed by atoms with Crippen molar-refractivity contribution >= 4 is 72.8 Å². The summed E-state index contributed by atoms with van der Waals surface area (Å²) in [5, 5.41) is 61.2. The van der Waals surface area contributed by atoms with Gasteiger partial charge in [0.25, 0.3) is 0 Å². The molecule has 2 aromatic rings. The minimum absolute atomic E-state index is 0.0240. The highest BCUT2D eigenvalue weighted by molar-refractivity contribution is 14.1. The Morgan fingerprint density at radius 2 is 1.64 bits per heavy atom. The van der Waals surface area contributed by atoms with E-state index in [4.69, 9.17) is 61.7 Å². The highest BCUT2D eigenvalue weighted by Gasteiger charge is 2.52. The maximum Gasteiger partial charge on any atom is 0.310 e. The molecule has 28 heteroatoms. The van der Waals surface area contributed by atoms with E-state index in [2.05, 4.69) is 39.5 Å². The van der Waals surface area contributed by atoms with E-state index >= 15 is 0 Å². The number of methoxy groups -OCH3 is 5. The Labute approximate surface area is 537 Å². The number of rotatable bonds is 23. The summed E-state index contributed by atoms with van der Waals surface area (Å²) in [5.41, 5.74) is 1.63. The van der Waals surface area contributed by atoms with E-state index in [0.717, 1.165) is 16.8 Å². The number of carbonyl (C=O) groups excluding carboxylic acids is 3. The number of thioether (sulfide) groups is 1. The van der Waals surface area contributed by atoms with Gasteiger partial charge in [0.1, 0.15) is 41.6 Å². The normalized spacial score (nSPS) is 34.8. The van der Waals surface area contributed by atoms with Gasteiger partial charge in [-0.05, 0) is 97.5 Å². The van der Waals surface area contributed by atoms with E-state index < -0.39 is 133 Å². The van der Waals surface area contributed by atoms with Crippen molar-refractivity contribution in [2.75, 3.05) is 54.5 Å². The van der Waals surface area contributed by atoms with Gasteiger partial charge < -0.3 is 87.7 Å². The minimum atomic E-state index is -2.06. The van der Waals surface area contributed by atoms with E-state index in [9.17, 15) is 39.9 Å². The highest BCUT2D eigenvalue weighted by Crippen LogP contribution is 2.49. The first-order valence-corrected chi connectivity index (χ1v) is 32.8. The summed E-state index contributed by atoms with van der Waals surface area (Å²) in [6, 6.07) is 4.24. The number of hydrogen-bond acceptors (Lipinski definition) is 27. The van der Waals surface area contributed by atoms with Crippen LogP contribution in [0.2, 0.25) is 0 Å². The fraction of sp³-hybridized carbons (Fsp3) is 0.600. The second-order valence-corrected chi connectivity index (χ2v) is 25.9. The number of fused-ring (bicyclic) bond motifs is 2. The molecule has 6 aliphatic rings. The number of benzene rings is 1. The van der Waals surface area contributed by atoms with Gasteiger partial charge in [-0.15, -0.1) is 0 Å². The molecule has 2 bridgehead atoms. The first kappa shape index (κ1) is 69.9. The molecular formula is C60H76IN3O21S3. The maximum atomic E-state index is 14.5.